The predicted molar refractivity (Wildman–Crippen MR) is 46.9 cm³/mol. The molecule has 0 unspecified atom stereocenters. The van der Waals surface area contributed by atoms with Gasteiger partial charge in [0, 0.05) is 0 Å². The van der Waals surface area contributed by atoms with E-state index in [4.69, 9.17) is 5.26 Å². The summed E-state index contributed by atoms with van der Waals surface area (Å²) in [6, 6.07) is 3.83. The van der Waals surface area contributed by atoms with E-state index in [0.29, 0.717) is 0 Å². The van der Waals surface area contributed by atoms with Crippen LogP contribution in [0.3, 0.4) is 0 Å². The quantitative estimate of drug-likeness (QED) is 0.614. The Hall–Kier alpha value is -1.47. The molecule has 4 heteroatoms. The first-order valence-corrected chi connectivity index (χ1v) is 4.31. The van der Waals surface area contributed by atoms with Gasteiger partial charge in [0.05, 0.1) is 15.9 Å². The summed E-state index contributed by atoms with van der Waals surface area (Å²) in [5.41, 5.74) is 1.75. The van der Waals surface area contributed by atoms with Crippen molar-refractivity contribution in [2.45, 2.75) is 6.92 Å². The molecule has 0 aromatic carbocycles. The van der Waals surface area contributed by atoms with E-state index in [1.807, 2.05) is 24.4 Å². The van der Waals surface area contributed by atoms with Gasteiger partial charge in [-0.05, 0) is 18.4 Å². The summed E-state index contributed by atoms with van der Waals surface area (Å²) in [6.07, 6.45) is 0. The molecule has 0 N–H and O–H groups in total. The molecule has 0 atom stereocenters. The number of hydrogen-bond donors (Lipinski definition) is 0. The number of rotatable bonds is 0. The maximum absolute atomic E-state index is 8.59. The highest BCUT2D eigenvalue weighted by Crippen LogP contribution is 2.20. The smallest absolute Gasteiger partial charge is 0.223 e. The van der Waals surface area contributed by atoms with Crippen LogP contribution in [-0.2, 0) is 0 Å². The van der Waals surface area contributed by atoms with Crippen molar-refractivity contribution in [2.75, 3.05) is 0 Å². The Labute approximate surface area is 73.3 Å². The van der Waals surface area contributed by atoms with E-state index in [-0.39, 0.29) is 5.82 Å². The van der Waals surface area contributed by atoms with Gasteiger partial charge in [0.15, 0.2) is 0 Å². The van der Waals surface area contributed by atoms with Gasteiger partial charge in [-0.1, -0.05) is 0 Å². The van der Waals surface area contributed by atoms with Crippen LogP contribution in [0, 0.1) is 18.3 Å². The maximum Gasteiger partial charge on any atom is 0.233 e. The molecule has 0 aliphatic carbocycles. The highest BCUT2D eigenvalue weighted by Gasteiger charge is 2.03. The lowest BCUT2D eigenvalue weighted by atomic mass is 10.4. The minimum Gasteiger partial charge on any atom is -0.223 e. The van der Waals surface area contributed by atoms with E-state index in [2.05, 4.69) is 9.97 Å². The van der Waals surface area contributed by atoms with Crippen molar-refractivity contribution in [3.63, 3.8) is 0 Å². The van der Waals surface area contributed by atoms with Crippen LogP contribution in [0.5, 0.6) is 0 Å². The number of aromatic nitrogens is 2. The van der Waals surface area contributed by atoms with E-state index < -0.39 is 0 Å². The Kier molecular flexibility index (Phi) is 1.52. The van der Waals surface area contributed by atoms with Gasteiger partial charge in [-0.3, -0.25) is 0 Å². The molecule has 0 saturated heterocycles. The summed E-state index contributed by atoms with van der Waals surface area (Å²) in [7, 11) is 0. The molecule has 0 radical (unpaired) electrons. The van der Waals surface area contributed by atoms with Gasteiger partial charge in [-0.2, -0.15) is 5.26 Å². The van der Waals surface area contributed by atoms with Crippen LogP contribution in [0.15, 0.2) is 11.4 Å². The van der Waals surface area contributed by atoms with Crippen molar-refractivity contribution >= 4 is 21.6 Å². The lowest BCUT2D eigenvalue weighted by molar-refractivity contribution is 1.11. The summed E-state index contributed by atoms with van der Waals surface area (Å²) in [6.45, 7) is 1.89. The summed E-state index contributed by atoms with van der Waals surface area (Å²) in [5, 5.41) is 10.5. The van der Waals surface area contributed by atoms with Gasteiger partial charge in [0.25, 0.3) is 0 Å². The van der Waals surface area contributed by atoms with Crippen molar-refractivity contribution in [2.24, 2.45) is 0 Å². The lowest BCUT2D eigenvalue weighted by Crippen LogP contribution is -1.90. The largest absolute Gasteiger partial charge is 0.233 e. The van der Waals surface area contributed by atoms with Crippen LogP contribution in [0.25, 0.3) is 10.2 Å². The maximum atomic E-state index is 8.59. The first-order valence-electron chi connectivity index (χ1n) is 3.43. The van der Waals surface area contributed by atoms with Crippen LogP contribution in [0.4, 0.5) is 0 Å². The number of fused-ring (bicyclic) bond motifs is 1. The second-order valence-corrected chi connectivity index (χ2v) is 3.30. The van der Waals surface area contributed by atoms with Gasteiger partial charge in [0.2, 0.25) is 5.82 Å². The molecule has 2 heterocycles. The first-order chi connectivity index (χ1) is 5.81. The first kappa shape index (κ1) is 7.19. The highest BCUT2D eigenvalue weighted by molar-refractivity contribution is 7.17. The molecule has 58 valence electrons. The molecule has 0 aliphatic rings. The van der Waals surface area contributed by atoms with E-state index >= 15 is 0 Å². The molecule has 2 rings (SSSR count). The normalized spacial score (nSPS) is 10.0. The zero-order valence-electron chi connectivity index (χ0n) is 6.40. The van der Waals surface area contributed by atoms with Crippen LogP contribution < -0.4 is 0 Å². The number of aryl methyl sites for hydroxylation is 1. The van der Waals surface area contributed by atoms with Crippen molar-refractivity contribution in [3.05, 3.63) is 23.0 Å². The molecule has 0 fully saturated rings. The van der Waals surface area contributed by atoms with Crippen LogP contribution in [0.1, 0.15) is 11.5 Å². The van der Waals surface area contributed by atoms with Gasteiger partial charge in [0.1, 0.15) is 6.07 Å². The SMILES string of the molecule is Cc1nc(C#N)nc2ccsc12. The Morgan fingerprint density at radius 2 is 2.33 bits per heavy atom. The van der Waals surface area contributed by atoms with Crippen molar-refractivity contribution < 1.29 is 0 Å². The zero-order chi connectivity index (χ0) is 8.55. The summed E-state index contributed by atoms with van der Waals surface area (Å²) < 4.78 is 1.06. The summed E-state index contributed by atoms with van der Waals surface area (Å²) in [4.78, 5) is 8.08. The Morgan fingerprint density at radius 3 is 3.08 bits per heavy atom. The molecule has 0 aliphatic heterocycles. The van der Waals surface area contributed by atoms with Gasteiger partial charge in [-0.25, -0.2) is 9.97 Å². The monoisotopic (exact) mass is 175 g/mol. The fraction of sp³-hybridized carbons (Fsp3) is 0.125. The van der Waals surface area contributed by atoms with Gasteiger partial charge in [-0.15, -0.1) is 11.3 Å². The lowest BCUT2D eigenvalue weighted by Gasteiger charge is -1.93. The van der Waals surface area contributed by atoms with Crippen LogP contribution >= 0.6 is 11.3 Å². The second-order valence-electron chi connectivity index (χ2n) is 2.38. The summed E-state index contributed by atoms with van der Waals surface area (Å²) >= 11 is 1.60. The summed E-state index contributed by atoms with van der Waals surface area (Å²) in [5.74, 6) is 0.249. The topological polar surface area (TPSA) is 49.6 Å². The molecule has 3 nitrogen and oxygen atoms in total. The standard InChI is InChI=1S/C8H5N3S/c1-5-8-6(2-3-12-8)11-7(4-9)10-5/h2-3H,1H3. The number of nitrogens with zero attached hydrogens (tertiary/aromatic N) is 3. The van der Waals surface area contributed by atoms with E-state index in [9.17, 15) is 0 Å². The molecule has 0 saturated carbocycles. The minimum atomic E-state index is 0.249. The fourth-order valence-electron chi connectivity index (χ4n) is 1.06. The third-order valence-corrected chi connectivity index (χ3v) is 2.59. The molecular weight excluding hydrogens is 170 g/mol. The second kappa shape index (κ2) is 2.54. The molecular formula is C8H5N3S. The third-order valence-electron chi connectivity index (χ3n) is 1.57. The number of thiophene rings is 1. The zero-order valence-corrected chi connectivity index (χ0v) is 7.22. The van der Waals surface area contributed by atoms with Crippen molar-refractivity contribution in [1.82, 2.24) is 9.97 Å². The number of nitriles is 1. The fourth-order valence-corrected chi connectivity index (χ4v) is 1.84. The van der Waals surface area contributed by atoms with Crippen molar-refractivity contribution in [1.29, 1.82) is 5.26 Å². The Bertz CT molecular complexity index is 467. The van der Waals surface area contributed by atoms with E-state index in [1.54, 1.807) is 11.3 Å². The van der Waals surface area contributed by atoms with Gasteiger partial charge < -0.3 is 0 Å². The number of hydrogen-bond acceptors (Lipinski definition) is 4. The average Bonchev–Trinajstić information content (AvgIpc) is 2.52. The molecule has 0 amide bonds. The molecule has 0 spiro atoms. The molecule has 2 aromatic heterocycles. The van der Waals surface area contributed by atoms with Crippen LogP contribution in [-0.4, -0.2) is 9.97 Å². The Morgan fingerprint density at radius 1 is 1.50 bits per heavy atom. The Balaban J connectivity index is 2.86. The van der Waals surface area contributed by atoms with Crippen molar-refractivity contribution in [3.8, 4) is 6.07 Å². The molecule has 2 aromatic rings. The van der Waals surface area contributed by atoms with E-state index in [0.717, 1.165) is 15.9 Å². The molecule has 12 heavy (non-hydrogen) atoms. The average molecular weight is 175 g/mol. The molecule has 0 bridgehead atoms. The van der Waals surface area contributed by atoms with E-state index in [1.165, 1.54) is 0 Å². The van der Waals surface area contributed by atoms with Gasteiger partial charge >= 0.3 is 0 Å². The highest BCUT2D eigenvalue weighted by atomic mass is 32.1. The third kappa shape index (κ3) is 0.953. The minimum absolute atomic E-state index is 0.249. The van der Waals surface area contributed by atoms with Crippen LogP contribution in [0.2, 0.25) is 0 Å². The predicted octanol–water partition coefficient (Wildman–Crippen LogP) is 1.87.